The van der Waals surface area contributed by atoms with Crippen molar-refractivity contribution in [2.24, 2.45) is 4.99 Å². The second-order valence-electron chi connectivity index (χ2n) is 10.5. The second-order valence-corrected chi connectivity index (χ2v) is 10.5. The highest BCUT2D eigenvalue weighted by atomic mass is 16.5. The van der Waals surface area contributed by atoms with Gasteiger partial charge in [0, 0.05) is 33.2 Å². The summed E-state index contributed by atoms with van der Waals surface area (Å²) in [6.45, 7) is 4.55. The van der Waals surface area contributed by atoms with Crippen molar-refractivity contribution in [2.45, 2.75) is 25.3 Å². The number of para-hydroxylation sites is 2. The minimum atomic E-state index is -0.152. The number of ether oxygens (including phenoxy) is 1. The summed E-state index contributed by atoms with van der Waals surface area (Å²) in [6, 6.07) is 33.9. The maximum Gasteiger partial charge on any atom is 0.139 e. The molecular formula is C35H28N2O. The first-order valence-corrected chi connectivity index (χ1v) is 13.1. The van der Waals surface area contributed by atoms with Crippen LogP contribution >= 0.6 is 0 Å². The summed E-state index contributed by atoms with van der Waals surface area (Å²) in [5.41, 5.74) is 8.95. The number of nitrogens with one attached hydrogen (secondary N) is 1. The Hall–Kier alpha value is -4.63. The molecule has 0 spiro atoms. The number of benzene rings is 4. The van der Waals surface area contributed by atoms with Crippen molar-refractivity contribution in [1.29, 1.82) is 0 Å². The molecular weight excluding hydrogens is 464 g/mol. The molecule has 1 unspecified atom stereocenters. The van der Waals surface area contributed by atoms with Crippen LogP contribution < -0.4 is 10.1 Å². The van der Waals surface area contributed by atoms with Crippen molar-refractivity contribution in [3.05, 3.63) is 149 Å². The highest BCUT2D eigenvalue weighted by molar-refractivity contribution is 6.06. The van der Waals surface area contributed by atoms with E-state index in [1.54, 1.807) is 0 Å². The maximum absolute atomic E-state index is 6.58. The van der Waals surface area contributed by atoms with Gasteiger partial charge < -0.3 is 10.1 Å². The summed E-state index contributed by atoms with van der Waals surface area (Å²) in [5, 5.41) is 3.67. The van der Waals surface area contributed by atoms with Gasteiger partial charge in [-0.05, 0) is 23.3 Å². The molecule has 3 nitrogen and oxygen atoms in total. The molecule has 38 heavy (non-hydrogen) atoms. The van der Waals surface area contributed by atoms with Crippen molar-refractivity contribution in [3.8, 4) is 22.6 Å². The fourth-order valence-corrected chi connectivity index (χ4v) is 5.75. The lowest BCUT2D eigenvalue weighted by atomic mass is 9.75. The van der Waals surface area contributed by atoms with Crippen LogP contribution in [0.1, 0.15) is 36.1 Å². The topological polar surface area (TPSA) is 33.6 Å². The average molecular weight is 493 g/mol. The van der Waals surface area contributed by atoms with Crippen LogP contribution in [0.5, 0.6) is 11.5 Å². The summed E-state index contributed by atoms with van der Waals surface area (Å²) in [7, 11) is 0. The summed E-state index contributed by atoms with van der Waals surface area (Å²) in [4.78, 5) is 5.01. The van der Waals surface area contributed by atoms with Gasteiger partial charge in [-0.15, -0.1) is 0 Å². The molecule has 0 bridgehead atoms. The van der Waals surface area contributed by atoms with E-state index in [0.29, 0.717) is 0 Å². The van der Waals surface area contributed by atoms with Gasteiger partial charge in [-0.25, -0.2) is 0 Å². The third-order valence-electron chi connectivity index (χ3n) is 7.77. The number of hydrogen-bond acceptors (Lipinski definition) is 3. The van der Waals surface area contributed by atoms with Gasteiger partial charge in [0.1, 0.15) is 17.3 Å². The van der Waals surface area contributed by atoms with Crippen LogP contribution in [0.2, 0.25) is 0 Å². The monoisotopic (exact) mass is 492 g/mol. The fourth-order valence-electron chi connectivity index (χ4n) is 5.75. The molecule has 3 heteroatoms. The van der Waals surface area contributed by atoms with E-state index in [0.717, 1.165) is 45.3 Å². The van der Waals surface area contributed by atoms with Crippen molar-refractivity contribution >= 4 is 11.5 Å². The minimum Gasteiger partial charge on any atom is -0.456 e. The van der Waals surface area contributed by atoms with E-state index in [2.05, 4.69) is 116 Å². The third-order valence-corrected chi connectivity index (χ3v) is 7.77. The number of fused-ring (bicyclic) bond motifs is 3. The van der Waals surface area contributed by atoms with Crippen molar-refractivity contribution in [3.63, 3.8) is 0 Å². The number of allylic oxidation sites excluding steroid dienone is 2. The standard InChI is InChI=1S/C35H28N2O/c1-35(2)28-18-7-9-21-31(28)38-33-26(17-11-19-29(33)35)24-14-10-15-25(22-24)32-27-16-6-8-20-30(27)36-34(37-32)23-12-4-3-5-13-23/h3-22,30H,1-2H3,(H,36,37). The van der Waals surface area contributed by atoms with Gasteiger partial charge in [-0.2, -0.15) is 0 Å². The molecule has 2 heterocycles. The van der Waals surface area contributed by atoms with Crippen LogP contribution in [-0.4, -0.2) is 11.9 Å². The molecule has 184 valence electrons. The van der Waals surface area contributed by atoms with Crippen LogP contribution in [0.15, 0.2) is 132 Å². The molecule has 0 aromatic heterocycles. The molecule has 4 aromatic rings. The predicted molar refractivity (Wildman–Crippen MR) is 156 cm³/mol. The summed E-state index contributed by atoms with van der Waals surface area (Å²) in [6.07, 6.45) is 8.48. The number of nitrogens with zero attached hydrogens (tertiary/aromatic N) is 1. The van der Waals surface area contributed by atoms with E-state index in [4.69, 9.17) is 9.73 Å². The Kier molecular flexibility index (Phi) is 5.19. The van der Waals surface area contributed by atoms with Gasteiger partial charge in [0.25, 0.3) is 0 Å². The lowest BCUT2D eigenvalue weighted by Gasteiger charge is -2.35. The molecule has 1 aliphatic carbocycles. The zero-order chi connectivity index (χ0) is 25.7. The van der Waals surface area contributed by atoms with E-state index in [9.17, 15) is 0 Å². The molecule has 0 saturated heterocycles. The summed E-state index contributed by atoms with van der Waals surface area (Å²) < 4.78 is 6.58. The maximum atomic E-state index is 6.58. The Morgan fingerprint density at radius 2 is 1.47 bits per heavy atom. The predicted octanol–water partition coefficient (Wildman–Crippen LogP) is 8.04. The number of aliphatic imine (C=N–C) groups is 1. The van der Waals surface area contributed by atoms with Crippen molar-refractivity contribution in [1.82, 2.24) is 5.32 Å². The SMILES string of the molecule is CC1(C)c2ccccc2Oc2c(-c3cccc(C4=C5C=CC=CC5N=C(c5ccccc5)N4)c3)cccc21. The Morgan fingerprint density at radius 3 is 2.37 bits per heavy atom. The van der Waals surface area contributed by atoms with Gasteiger partial charge in [-0.3, -0.25) is 4.99 Å². The first-order chi connectivity index (χ1) is 18.6. The van der Waals surface area contributed by atoms with Gasteiger partial charge in [0.2, 0.25) is 0 Å². The molecule has 0 radical (unpaired) electrons. The van der Waals surface area contributed by atoms with E-state index in [1.807, 2.05) is 24.3 Å². The van der Waals surface area contributed by atoms with Gasteiger partial charge in [0.05, 0.1) is 11.7 Å². The zero-order valence-electron chi connectivity index (χ0n) is 21.5. The zero-order valence-corrected chi connectivity index (χ0v) is 21.5. The molecule has 0 amide bonds. The Morgan fingerprint density at radius 1 is 0.737 bits per heavy atom. The van der Waals surface area contributed by atoms with Crippen LogP contribution in [0.4, 0.5) is 0 Å². The van der Waals surface area contributed by atoms with Crippen LogP contribution in [0, 0.1) is 0 Å². The van der Waals surface area contributed by atoms with Crippen molar-refractivity contribution < 1.29 is 4.74 Å². The minimum absolute atomic E-state index is 0.0137. The third kappa shape index (κ3) is 3.62. The van der Waals surface area contributed by atoms with Gasteiger partial charge in [-0.1, -0.05) is 123 Å². The molecule has 0 saturated carbocycles. The van der Waals surface area contributed by atoms with E-state index in [1.165, 1.54) is 16.7 Å². The molecule has 1 N–H and O–H groups in total. The molecule has 2 aliphatic heterocycles. The fraction of sp³-hybridized carbons (Fsp3) is 0.114. The Labute approximate surface area is 223 Å². The van der Waals surface area contributed by atoms with Crippen LogP contribution in [0.25, 0.3) is 16.8 Å². The quantitative estimate of drug-likeness (QED) is 0.314. The average Bonchev–Trinajstić information content (AvgIpc) is 2.97. The summed E-state index contributed by atoms with van der Waals surface area (Å²) >= 11 is 0. The molecule has 7 rings (SSSR count). The first kappa shape index (κ1) is 22.6. The normalized spacial score (nSPS) is 18.5. The lowest BCUT2D eigenvalue weighted by Crippen LogP contribution is -2.32. The largest absolute Gasteiger partial charge is 0.456 e. The highest BCUT2D eigenvalue weighted by Gasteiger charge is 2.35. The van der Waals surface area contributed by atoms with Gasteiger partial charge >= 0.3 is 0 Å². The molecule has 4 aromatic carbocycles. The van der Waals surface area contributed by atoms with E-state index < -0.39 is 0 Å². The second kappa shape index (κ2) is 8.74. The number of amidine groups is 1. The highest BCUT2D eigenvalue weighted by Crippen LogP contribution is 2.51. The van der Waals surface area contributed by atoms with E-state index >= 15 is 0 Å². The van der Waals surface area contributed by atoms with Crippen molar-refractivity contribution in [2.75, 3.05) is 0 Å². The lowest BCUT2D eigenvalue weighted by molar-refractivity contribution is 0.419. The first-order valence-electron chi connectivity index (χ1n) is 13.1. The number of hydrogen-bond donors (Lipinski definition) is 1. The molecule has 0 fully saturated rings. The van der Waals surface area contributed by atoms with Crippen LogP contribution in [-0.2, 0) is 5.41 Å². The molecule has 1 atom stereocenters. The Balaban J connectivity index is 1.33. The van der Waals surface area contributed by atoms with E-state index in [-0.39, 0.29) is 11.5 Å². The Bertz CT molecular complexity index is 1690. The number of rotatable bonds is 3. The van der Waals surface area contributed by atoms with Gasteiger partial charge in [0.15, 0.2) is 0 Å². The van der Waals surface area contributed by atoms with Crippen LogP contribution in [0.3, 0.4) is 0 Å². The molecule has 3 aliphatic rings. The summed E-state index contributed by atoms with van der Waals surface area (Å²) in [5.74, 6) is 2.75. The smallest absolute Gasteiger partial charge is 0.139 e.